The van der Waals surface area contributed by atoms with E-state index in [-0.39, 0.29) is 18.5 Å². The van der Waals surface area contributed by atoms with Crippen molar-refractivity contribution in [3.05, 3.63) is 33.8 Å². The first-order chi connectivity index (χ1) is 10.0. The van der Waals surface area contributed by atoms with E-state index in [9.17, 15) is 9.59 Å². The molecule has 2 rings (SSSR count). The molecule has 0 bridgehead atoms. The van der Waals surface area contributed by atoms with Gasteiger partial charge in [-0.1, -0.05) is 36.0 Å². The summed E-state index contributed by atoms with van der Waals surface area (Å²) in [5, 5.41) is 0.761. The van der Waals surface area contributed by atoms with E-state index in [0.717, 1.165) is 25.7 Å². The van der Waals surface area contributed by atoms with Gasteiger partial charge >= 0.3 is 5.97 Å². The summed E-state index contributed by atoms with van der Waals surface area (Å²) in [6, 6.07) is 4.79. The number of methoxy groups -OCH3 is 1. The molecule has 21 heavy (non-hydrogen) atoms. The van der Waals surface area contributed by atoms with Gasteiger partial charge in [0.05, 0.1) is 17.7 Å². The van der Waals surface area contributed by atoms with Crippen LogP contribution in [0.5, 0.6) is 0 Å². The number of halogens is 2. The number of amides is 1. The fourth-order valence-corrected chi connectivity index (χ4v) is 3.09. The van der Waals surface area contributed by atoms with Crippen LogP contribution in [0.3, 0.4) is 0 Å². The molecule has 1 amide bonds. The van der Waals surface area contributed by atoms with E-state index >= 15 is 0 Å². The monoisotopic (exact) mass is 329 g/mol. The summed E-state index contributed by atoms with van der Waals surface area (Å²) in [7, 11) is 1.31. The van der Waals surface area contributed by atoms with E-state index in [1.54, 1.807) is 17.0 Å². The van der Waals surface area contributed by atoms with Crippen LogP contribution in [0.4, 0.5) is 0 Å². The first-order valence-electron chi connectivity index (χ1n) is 6.85. The number of nitrogens with zero attached hydrogens (tertiary/aromatic N) is 1. The molecule has 1 aliphatic carbocycles. The van der Waals surface area contributed by atoms with E-state index in [4.69, 9.17) is 23.2 Å². The molecule has 0 saturated heterocycles. The average Bonchev–Trinajstić information content (AvgIpc) is 2.97. The number of benzene rings is 1. The van der Waals surface area contributed by atoms with Gasteiger partial charge in [-0.25, -0.2) is 0 Å². The molecule has 114 valence electrons. The van der Waals surface area contributed by atoms with Gasteiger partial charge in [0.2, 0.25) is 0 Å². The van der Waals surface area contributed by atoms with Crippen molar-refractivity contribution in [2.24, 2.45) is 0 Å². The number of ether oxygens (including phenoxy) is 1. The lowest BCUT2D eigenvalue weighted by Gasteiger charge is -2.28. The Balaban J connectivity index is 2.26. The summed E-state index contributed by atoms with van der Waals surface area (Å²) in [6.45, 7) is -0.0566. The molecular weight excluding hydrogens is 313 g/mol. The minimum atomic E-state index is -0.430. The van der Waals surface area contributed by atoms with Crippen LogP contribution in [0, 0.1) is 0 Å². The van der Waals surface area contributed by atoms with Crippen LogP contribution < -0.4 is 0 Å². The van der Waals surface area contributed by atoms with Crippen LogP contribution >= 0.6 is 23.2 Å². The van der Waals surface area contributed by atoms with E-state index in [2.05, 4.69) is 4.74 Å². The van der Waals surface area contributed by atoms with Gasteiger partial charge in [0.15, 0.2) is 0 Å². The number of carbonyl (C=O) groups is 2. The Morgan fingerprint density at radius 2 is 1.95 bits per heavy atom. The molecule has 0 spiro atoms. The molecule has 1 aromatic carbocycles. The van der Waals surface area contributed by atoms with Crippen molar-refractivity contribution in [1.29, 1.82) is 0 Å². The number of rotatable bonds is 4. The SMILES string of the molecule is COC(=O)CN(C(=O)c1ccc(Cl)cc1Cl)C1CCCC1. The third kappa shape index (κ3) is 3.89. The van der Waals surface area contributed by atoms with Crippen LogP contribution in [0.2, 0.25) is 10.0 Å². The van der Waals surface area contributed by atoms with Gasteiger partial charge in [0.25, 0.3) is 5.91 Å². The lowest BCUT2D eigenvalue weighted by Crippen LogP contribution is -2.42. The van der Waals surface area contributed by atoms with E-state index in [1.165, 1.54) is 13.2 Å². The fraction of sp³-hybridized carbons (Fsp3) is 0.467. The Labute approximate surface area is 134 Å². The highest BCUT2D eigenvalue weighted by Gasteiger charge is 2.30. The fourth-order valence-electron chi connectivity index (χ4n) is 2.60. The zero-order valence-corrected chi connectivity index (χ0v) is 13.3. The number of hydrogen-bond donors (Lipinski definition) is 0. The standard InChI is InChI=1S/C15H17Cl2NO3/c1-21-14(19)9-18(11-4-2-3-5-11)15(20)12-7-6-10(16)8-13(12)17/h6-8,11H,2-5,9H2,1H3. The maximum atomic E-state index is 12.7. The minimum absolute atomic E-state index is 0.0566. The molecule has 0 atom stereocenters. The van der Waals surface area contributed by atoms with Crippen molar-refractivity contribution < 1.29 is 14.3 Å². The summed E-state index contributed by atoms with van der Waals surface area (Å²) in [4.78, 5) is 25.9. The highest BCUT2D eigenvalue weighted by Crippen LogP contribution is 2.28. The van der Waals surface area contributed by atoms with E-state index < -0.39 is 5.97 Å². The van der Waals surface area contributed by atoms with Crippen LogP contribution in [0.25, 0.3) is 0 Å². The maximum absolute atomic E-state index is 12.7. The van der Waals surface area contributed by atoms with Gasteiger partial charge in [-0.2, -0.15) is 0 Å². The second-order valence-corrected chi connectivity index (χ2v) is 5.92. The van der Waals surface area contributed by atoms with Crippen molar-refractivity contribution in [3.8, 4) is 0 Å². The van der Waals surface area contributed by atoms with Crippen molar-refractivity contribution >= 4 is 35.1 Å². The Kier molecular flexibility index (Phi) is 5.48. The van der Waals surface area contributed by atoms with E-state index in [1.807, 2.05) is 0 Å². The number of carbonyl (C=O) groups excluding carboxylic acids is 2. The Morgan fingerprint density at radius 1 is 1.29 bits per heavy atom. The van der Waals surface area contributed by atoms with Crippen LogP contribution in [-0.4, -0.2) is 36.5 Å². The van der Waals surface area contributed by atoms with Crippen LogP contribution in [0.15, 0.2) is 18.2 Å². The van der Waals surface area contributed by atoms with Crippen molar-refractivity contribution in [2.75, 3.05) is 13.7 Å². The highest BCUT2D eigenvalue weighted by atomic mass is 35.5. The molecule has 0 aliphatic heterocycles. The third-order valence-corrected chi connectivity index (χ3v) is 4.26. The topological polar surface area (TPSA) is 46.6 Å². The van der Waals surface area contributed by atoms with Gasteiger partial charge in [0, 0.05) is 11.1 Å². The summed E-state index contributed by atoms with van der Waals surface area (Å²) >= 11 is 11.9. The predicted molar refractivity (Wildman–Crippen MR) is 81.8 cm³/mol. The lowest BCUT2D eigenvalue weighted by molar-refractivity contribution is -0.141. The zero-order valence-electron chi connectivity index (χ0n) is 11.8. The zero-order chi connectivity index (χ0) is 15.4. The average molecular weight is 330 g/mol. The molecule has 0 heterocycles. The minimum Gasteiger partial charge on any atom is -0.468 e. The van der Waals surface area contributed by atoms with E-state index in [0.29, 0.717) is 15.6 Å². The number of hydrogen-bond acceptors (Lipinski definition) is 3. The van der Waals surface area contributed by atoms with Gasteiger partial charge < -0.3 is 9.64 Å². The summed E-state index contributed by atoms with van der Waals surface area (Å²) in [6.07, 6.45) is 3.91. The summed E-state index contributed by atoms with van der Waals surface area (Å²) < 4.78 is 4.69. The van der Waals surface area contributed by atoms with Crippen LogP contribution in [0.1, 0.15) is 36.0 Å². The van der Waals surface area contributed by atoms with Crippen molar-refractivity contribution in [3.63, 3.8) is 0 Å². The molecule has 1 aromatic rings. The molecule has 6 heteroatoms. The Hall–Kier alpha value is -1.26. The molecule has 0 unspecified atom stereocenters. The molecule has 1 fully saturated rings. The van der Waals surface area contributed by atoms with Gasteiger partial charge in [-0.05, 0) is 31.0 Å². The van der Waals surface area contributed by atoms with Crippen LogP contribution in [-0.2, 0) is 9.53 Å². The molecule has 4 nitrogen and oxygen atoms in total. The Bertz CT molecular complexity index is 542. The summed E-state index contributed by atoms with van der Waals surface area (Å²) in [5.74, 6) is -0.686. The number of esters is 1. The molecule has 0 aromatic heterocycles. The summed E-state index contributed by atoms with van der Waals surface area (Å²) in [5.41, 5.74) is 0.358. The second kappa shape index (κ2) is 7.14. The molecular formula is C15H17Cl2NO3. The lowest BCUT2D eigenvalue weighted by atomic mass is 10.1. The largest absolute Gasteiger partial charge is 0.468 e. The molecule has 1 aliphatic rings. The maximum Gasteiger partial charge on any atom is 0.325 e. The smallest absolute Gasteiger partial charge is 0.325 e. The van der Waals surface area contributed by atoms with Gasteiger partial charge in [0.1, 0.15) is 6.54 Å². The van der Waals surface area contributed by atoms with Crippen molar-refractivity contribution in [1.82, 2.24) is 4.90 Å². The molecule has 0 N–H and O–H groups in total. The molecule has 0 radical (unpaired) electrons. The normalized spacial score (nSPS) is 15.0. The third-order valence-electron chi connectivity index (χ3n) is 3.71. The van der Waals surface area contributed by atoms with Gasteiger partial charge in [-0.15, -0.1) is 0 Å². The Morgan fingerprint density at radius 3 is 2.52 bits per heavy atom. The molecule has 1 saturated carbocycles. The first kappa shape index (κ1) is 16.1. The van der Waals surface area contributed by atoms with Crippen molar-refractivity contribution in [2.45, 2.75) is 31.7 Å². The highest BCUT2D eigenvalue weighted by molar-refractivity contribution is 6.36. The quantitative estimate of drug-likeness (QED) is 0.793. The second-order valence-electron chi connectivity index (χ2n) is 5.07. The predicted octanol–water partition coefficient (Wildman–Crippen LogP) is 3.55. The van der Waals surface area contributed by atoms with Gasteiger partial charge in [-0.3, -0.25) is 9.59 Å². The first-order valence-corrected chi connectivity index (χ1v) is 7.61.